The van der Waals surface area contributed by atoms with Gasteiger partial charge in [0.1, 0.15) is 17.8 Å². The van der Waals surface area contributed by atoms with Crippen LogP contribution in [0.2, 0.25) is 5.15 Å². The van der Waals surface area contributed by atoms with E-state index in [-0.39, 0.29) is 16.7 Å². The summed E-state index contributed by atoms with van der Waals surface area (Å²) < 4.78 is 5.65. The molecule has 0 radical (unpaired) electrons. The van der Waals surface area contributed by atoms with E-state index in [1.54, 1.807) is 0 Å². The Morgan fingerprint density at radius 1 is 1.29 bits per heavy atom. The van der Waals surface area contributed by atoms with Crippen LogP contribution in [0, 0.1) is 0 Å². The van der Waals surface area contributed by atoms with Crippen molar-refractivity contribution >= 4 is 17.3 Å². The number of nitrogen functional groups attached to an aromatic ring is 1. The average Bonchev–Trinajstić information content (AvgIpc) is 2.35. The van der Waals surface area contributed by atoms with Crippen molar-refractivity contribution in [3.63, 3.8) is 0 Å². The summed E-state index contributed by atoms with van der Waals surface area (Å²) in [5, 5.41) is 0.198. The Morgan fingerprint density at radius 2 is 2.06 bits per heavy atom. The van der Waals surface area contributed by atoms with E-state index in [2.05, 4.69) is 16.9 Å². The molecule has 0 atom stereocenters. The van der Waals surface area contributed by atoms with Crippen molar-refractivity contribution in [2.75, 3.05) is 5.73 Å². The topological polar surface area (TPSA) is 61.0 Å². The number of para-hydroxylation sites is 1. The van der Waals surface area contributed by atoms with E-state index in [0.717, 1.165) is 17.7 Å². The SMILES string of the molecule is CCc1ccccc1Oc1ncnc(Cl)c1N. The molecule has 0 bridgehead atoms. The van der Waals surface area contributed by atoms with Crippen molar-refractivity contribution in [1.82, 2.24) is 9.97 Å². The predicted molar refractivity (Wildman–Crippen MR) is 67.3 cm³/mol. The quantitative estimate of drug-likeness (QED) is 0.850. The first-order valence-corrected chi connectivity index (χ1v) is 5.62. The molecule has 0 aliphatic carbocycles. The number of hydrogen-bond donors (Lipinski definition) is 1. The van der Waals surface area contributed by atoms with Crippen molar-refractivity contribution in [1.29, 1.82) is 0 Å². The molecule has 0 fully saturated rings. The molecule has 88 valence electrons. The van der Waals surface area contributed by atoms with Crippen molar-refractivity contribution in [2.45, 2.75) is 13.3 Å². The number of halogens is 1. The van der Waals surface area contributed by atoms with E-state index < -0.39 is 0 Å². The molecule has 1 aromatic carbocycles. The number of nitrogens with two attached hydrogens (primary N) is 1. The van der Waals surface area contributed by atoms with Gasteiger partial charge < -0.3 is 10.5 Å². The minimum absolute atomic E-state index is 0.198. The Kier molecular flexibility index (Phi) is 3.44. The van der Waals surface area contributed by atoms with Gasteiger partial charge in [-0.1, -0.05) is 36.7 Å². The Morgan fingerprint density at radius 3 is 2.82 bits per heavy atom. The lowest BCUT2D eigenvalue weighted by molar-refractivity contribution is 0.459. The molecular formula is C12H12ClN3O. The lowest BCUT2D eigenvalue weighted by atomic mass is 10.1. The van der Waals surface area contributed by atoms with Crippen LogP contribution >= 0.6 is 11.6 Å². The molecule has 2 N–H and O–H groups in total. The fraction of sp³-hybridized carbons (Fsp3) is 0.167. The van der Waals surface area contributed by atoms with Crippen LogP contribution in [0.4, 0.5) is 5.69 Å². The van der Waals surface area contributed by atoms with Gasteiger partial charge in [-0.2, -0.15) is 4.98 Å². The Labute approximate surface area is 104 Å². The van der Waals surface area contributed by atoms with Crippen molar-refractivity contribution in [3.05, 3.63) is 41.3 Å². The number of benzene rings is 1. The summed E-state index contributed by atoms with van der Waals surface area (Å²) in [6, 6.07) is 7.72. The normalized spacial score (nSPS) is 10.2. The van der Waals surface area contributed by atoms with Gasteiger partial charge in [0, 0.05) is 0 Å². The van der Waals surface area contributed by atoms with Crippen molar-refractivity contribution < 1.29 is 4.74 Å². The summed E-state index contributed by atoms with van der Waals surface area (Å²) in [4.78, 5) is 7.74. The van der Waals surface area contributed by atoms with Crippen LogP contribution < -0.4 is 10.5 Å². The molecule has 17 heavy (non-hydrogen) atoms. The summed E-state index contributed by atoms with van der Waals surface area (Å²) in [6.07, 6.45) is 2.19. The third-order valence-corrected chi connectivity index (χ3v) is 2.66. The van der Waals surface area contributed by atoms with E-state index in [1.807, 2.05) is 24.3 Å². The molecule has 0 amide bonds. The number of hydrogen-bond acceptors (Lipinski definition) is 4. The predicted octanol–water partition coefficient (Wildman–Crippen LogP) is 3.07. The molecule has 0 aliphatic rings. The first-order chi connectivity index (χ1) is 8.22. The number of nitrogens with zero attached hydrogens (tertiary/aromatic N) is 2. The van der Waals surface area contributed by atoms with Crippen LogP contribution in [-0.4, -0.2) is 9.97 Å². The van der Waals surface area contributed by atoms with Gasteiger partial charge in [0.25, 0.3) is 0 Å². The molecule has 5 heteroatoms. The largest absolute Gasteiger partial charge is 0.437 e. The third kappa shape index (κ3) is 2.47. The number of rotatable bonds is 3. The van der Waals surface area contributed by atoms with Gasteiger partial charge in [-0.25, -0.2) is 4.98 Å². The zero-order chi connectivity index (χ0) is 12.3. The number of aromatic nitrogens is 2. The van der Waals surface area contributed by atoms with E-state index in [0.29, 0.717) is 0 Å². The van der Waals surface area contributed by atoms with Gasteiger partial charge in [-0.05, 0) is 18.1 Å². The van der Waals surface area contributed by atoms with E-state index in [4.69, 9.17) is 22.1 Å². The minimum atomic E-state index is 0.198. The van der Waals surface area contributed by atoms with Gasteiger partial charge in [0.2, 0.25) is 5.88 Å². The molecule has 2 rings (SSSR count). The zero-order valence-corrected chi connectivity index (χ0v) is 10.1. The molecule has 0 aliphatic heterocycles. The summed E-state index contributed by atoms with van der Waals surface area (Å²) in [5.74, 6) is 1.02. The fourth-order valence-electron chi connectivity index (χ4n) is 1.44. The zero-order valence-electron chi connectivity index (χ0n) is 9.35. The molecule has 0 saturated heterocycles. The first kappa shape index (κ1) is 11.7. The highest BCUT2D eigenvalue weighted by atomic mass is 35.5. The van der Waals surface area contributed by atoms with E-state index >= 15 is 0 Å². The van der Waals surface area contributed by atoms with Crippen molar-refractivity contribution in [3.8, 4) is 11.6 Å². The third-order valence-electron chi connectivity index (χ3n) is 2.36. The van der Waals surface area contributed by atoms with Crippen LogP contribution in [0.3, 0.4) is 0 Å². The molecule has 1 aromatic heterocycles. The van der Waals surface area contributed by atoms with Gasteiger partial charge in [-0.15, -0.1) is 0 Å². The highest BCUT2D eigenvalue weighted by molar-refractivity contribution is 6.32. The molecule has 0 spiro atoms. The fourth-order valence-corrected chi connectivity index (χ4v) is 1.56. The minimum Gasteiger partial charge on any atom is -0.437 e. The standard InChI is InChI=1S/C12H12ClN3O/c1-2-8-5-3-4-6-9(8)17-12-10(14)11(13)15-7-16-12/h3-7H,2,14H2,1H3. The summed E-state index contributed by atoms with van der Waals surface area (Å²) in [7, 11) is 0. The summed E-state index contributed by atoms with van der Waals surface area (Å²) in [6.45, 7) is 2.05. The van der Waals surface area contributed by atoms with Gasteiger partial charge >= 0.3 is 0 Å². The van der Waals surface area contributed by atoms with Crippen LogP contribution in [0.15, 0.2) is 30.6 Å². The second-order valence-electron chi connectivity index (χ2n) is 3.45. The number of ether oxygens (including phenoxy) is 1. The van der Waals surface area contributed by atoms with E-state index in [9.17, 15) is 0 Å². The van der Waals surface area contributed by atoms with Crippen molar-refractivity contribution in [2.24, 2.45) is 0 Å². The van der Waals surface area contributed by atoms with Crippen LogP contribution in [-0.2, 0) is 6.42 Å². The van der Waals surface area contributed by atoms with Crippen LogP contribution in [0.1, 0.15) is 12.5 Å². The van der Waals surface area contributed by atoms with Gasteiger partial charge in [-0.3, -0.25) is 0 Å². The Balaban J connectivity index is 2.35. The Hall–Kier alpha value is -1.81. The average molecular weight is 250 g/mol. The number of aryl methyl sites for hydroxylation is 1. The maximum absolute atomic E-state index is 5.80. The summed E-state index contributed by atoms with van der Waals surface area (Å²) in [5.41, 5.74) is 7.07. The van der Waals surface area contributed by atoms with E-state index in [1.165, 1.54) is 6.33 Å². The number of anilines is 1. The second-order valence-corrected chi connectivity index (χ2v) is 3.80. The van der Waals surface area contributed by atoms with Crippen LogP contribution in [0.25, 0.3) is 0 Å². The molecule has 0 unspecified atom stereocenters. The lowest BCUT2D eigenvalue weighted by Gasteiger charge is -2.10. The maximum Gasteiger partial charge on any atom is 0.247 e. The molecule has 4 nitrogen and oxygen atoms in total. The van der Waals surface area contributed by atoms with Gasteiger partial charge in [0.15, 0.2) is 5.15 Å². The smallest absolute Gasteiger partial charge is 0.247 e. The Bertz CT molecular complexity index is 531. The first-order valence-electron chi connectivity index (χ1n) is 5.24. The molecule has 1 heterocycles. The lowest BCUT2D eigenvalue weighted by Crippen LogP contribution is -1.98. The van der Waals surface area contributed by atoms with Gasteiger partial charge in [0.05, 0.1) is 0 Å². The monoisotopic (exact) mass is 249 g/mol. The van der Waals surface area contributed by atoms with Crippen LogP contribution in [0.5, 0.6) is 11.6 Å². The molecule has 2 aromatic rings. The second kappa shape index (κ2) is 5.01. The molecular weight excluding hydrogens is 238 g/mol. The maximum atomic E-state index is 5.80. The summed E-state index contributed by atoms with van der Waals surface area (Å²) >= 11 is 5.80. The highest BCUT2D eigenvalue weighted by Crippen LogP contribution is 2.30. The molecule has 0 saturated carbocycles. The highest BCUT2D eigenvalue weighted by Gasteiger charge is 2.10.